The zero-order valence-corrected chi connectivity index (χ0v) is 5.16. The summed E-state index contributed by atoms with van der Waals surface area (Å²) >= 11 is 0. The molecule has 9 heavy (non-hydrogen) atoms. The number of carbonyl (C=O) groups excluding carboxylic acids is 2. The van der Waals surface area contributed by atoms with E-state index < -0.39 is 5.97 Å². The minimum absolute atomic E-state index is 0.142. The highest BCUT2D eigenvalue weighted by atomic mass is 16.5. The predicted octanol–water partition coefficient (Wildman–Crippen LogP) is 0.305. The van der Waals surface area contributed by atoms with Gasteiger partial charge in [-0.3, -0.25) is 4.79 Å². The van der Waals surface area contributed by atoms with Crippen LogP contribution in [0.1, 0.15) is 6.92 Å². The van der Waals surface area contributed by atoms with Crippen LogP contribution in [-0.4, -0.2) is 18.9 Å². The molecule has 3 heteroatoms. The molecule has 0 saturated heterocycles. The molecule has 0 spiro atoms. The van der Waals surface area contributed by atoms with Gasteiger partial charge in [-0.1, -0.05) is 12.2 Å². The highest BCUT2D eigenvalue weighted by Crippen LogP contribution is 1.75. The van der Waals surface area contributed by atoms with Crippen molar-refractivity contribution in [3.63, 3.8) is 0 Å². The molecule has 0 aromatic carbocycles. The maximum absolute atomic E-state index is 10.1. The first-order valence-electron chi connectivity index (χ1n) is 2.54. The molecule has 50 valence electrons. The van der Waals surface area contributed by atoms with Crippen molar-refractivity contribution in [2.45, 2.75) is 6.92 Å². The summed E-state index contributed by atoms with van der Waals surface area (Å²) in [5, 5.41) is 0. The number of allylic oxidation sites excluding steroid dienone is 1. The molecule has 0 amide bonds. The van der Waals surface area contributed by atoms with Crippen LogP contribution in [0.25, 0.3) is 0 Å². The summed E-state index contributed by atoms with van der Waals surface area (Å²) in [6, 6.07) is 0. The number of carbonyl (C=O) groups is 2. The van der Waals surface area contributed by atoms with Crippen molar-refractivity contribution in [1.82, 2.24) is 0 Å². The van der Waals surface area contributed by atoms with Gasteiger partial charge in [0.05, 0.1) is 0 Å². The van der Waals surface area contributed by atoms with Crippen molar-refractivity contribution in [2.75, 3.05) is 6.61 Å². The van der Waals surface area contributed by atoms with E-state index >= 15 is 0 Å². The van der Waals surface area contributed by atoms with E-state index in [1.165, 1.54) is 0 Å². The van der Waals surface area contributed by atoms with E-state index in [2.05, 4.69) is 4.74 Å². The third kappa shape index (κ3) is 4.74. The fourth-order valence-corrected chi connectivity index (χ4v) is 0.260. The van der Waals surface area contributed by atoms with Gasteiger partial charge in [-0.15, -0.1) is 0 Å². The Balaban J connectivity index is 3.27. The zero-order chi connectivity index (χ0) is 7.11. The molecule has 0 aromatic rings. The van der Waals surface area contributed by atoms with Gasteiger partial charge in [-0.25, -0.2) is 4.79 Å². The van der Waals surface area contributed by atoms with E-state index in [1.807, 2.05) is 0 Å². The van der Waals surface area contributed by atoms with E-state index in [1.54, 1.807) is 19.1 Å². The van der Waals surface area contributed by atoms with E-state index in [-0.39, 0.29) is 12.9 Å². The smallest absolute Gasteiger partial charge is 0.371 e. The lowest BCUT2D eigenvalue weighted by Crippen LogP contribution is -2.04. The Bertz CT molecular complexity index is 126. The second kappa shape index (κ2) is 5.03. The minimum Gasteiger partial charge on any atom is -0.456 e. The highest BCUT2D eigenvalue weighted by molar-refractivity contribution is 6.20. The Morgan fingerprint density at radius 3 is 2.78 bits per heavy atom. The summed E-state index contributed by atoms with van der Waals surface area (Å²) in [5.74, 6) is -0.826. The van der Waals surface area contributed by atoms with E-state index in [4.69, 9.17) is 0 Å². The van der Waals surface area contributed by atoms with Crippen molar-refractivity contribution >= 4 is 12.3 Å². The first kappa shape index (κ1) is 7.88. The lowest BCUT2D eigenvalue weighted by molar-refractivity contribution is -0.147. The van der Waals surface area contributed by atoms with Gasteiger partial charge in [0.15, 0.2) is 0 Å². The number of ether oxygens (including phenoxy) is 1. The molecule has 0 saturated carbocycles. The van der Waals surface area contributed by atoms with Gasteiger partial charge in [-0.2, -0.15) is 0 Å². The molecular weight excluding hydrogens is 120 g/mol. The van der Waals surface area contributed by atoms with Crippen LogP contribution in [0.2, 0.25) is 0 Å². The molecule has 0 aliphatic carbocycles. The molecule has 0 aliphatic rings. The van der Waals surface area contributed by atoms with Crippen LogP contribution in [0, 0.1) is 0 Å². The number of aldehydes is 1. The minimum atomic E-state index is -0.826. The summed E-state index contributed by atoms with van der Waals surface area (Å²) in [5.41, 5.74) is 0. The Labute approximate surface area is 53.3 Å². The molecule has 3 nitrogen and oxygen atoms in total. The van der Waals surface area contributed by atoms with Crippen LogP contribution in [0.5, 0.6) is 0 Å². The average molecular weight is 128 g/mol. The number of rotatable bonds is 3. The summed E-state index contributed by atoms with van der Waals surface area (Å²) in [6.07, 6.45) is 3.52. The number of hydrogen-bond donors (Lipinski definition) is 0. The molecule has 0 radical (unpaired) electrons. The average Bonchev–Trinajstić information content (AvgIpc) is 1.89. The molecule has 0 fully saturated rings. The molecule has 0 rings (SSSR count). The van der Waals surface area contributed by atoms with Crippen molar-refractivity contribution < 1.29 is 14.3 Å². The number of esters is 1. The normalized spacial score (nSPS) is 9.44. The molecule has 0 N–H and O–H groups in total. The van der Waals surface area contributed by atoms with Gasteiger partial charge in [0.2, 0.25) is 6.29 Å². The molecular formula is C6H8O3. The summed E-state index contributed by atoms with van der Waals surface area (Å²) in [7, 11) is 0. The molecule has 0 unspecified atom stereocenters. The van der Waals surface area contributed by atoms with Crippen LogP contribution in [-0.2, 0) is 14.3 Å². The van der Waals surface area contributed by atoms with E-state index in [0.29, 0.717) is 0 Å². The lowest BCUT2D eigenvalue weighted by Gasteiger charge is -1.91. The molecule has 0 aliphatic heterocycles. The fraction of sp³-hybridized carbons (Fsp3) is 0.333. The quantitative estimate of drug-likeness (QED) is 0.238. The van der Waals surface area contributed by atoms with Gasteiger partial charge in [0.1, 0.15) is 6.61 Å². The standard InChI is InChI=1S/C6H8O3/c1-2-3-4-9-6(8)5-7/h2-3,5H,4H2,1H3/b3-2-. The fourth-order valence-electron chi connectivity index (χ4n) is 0.260. The van der Waals surface area contributed by atoms with Crippen molar-refractivity contribution in [3.05, 3.63) is 12.2 Å². The second-order valence-electron chi connectivity index (χ2n) is 1.32. The monoisotopic (exact) mass is 128 g/mol. The van der Waals surface area contributed by atoms with Crippen molar-refractivity contribution in [2.24, 2.45) is 0 Å². The Kier molecular flexibility index (Phi) is 4.40. The van der Waals surface area contributed by atoms with Crippen LogP contribution in [0.4, 0.5) is 0 Å². The summed E-state index contributed by atoms with van der Waals surface area (Å²) in [6.45, 7) is 1.98. The zero-order valence-electron chi connectivity index (χ0n) is 5.16. The molecule has 0 atom stereocenters. The van der Waals surface area contributed by atoms with Gasteiger partial charge in [-0.05, 0) is 6.92 Å². The lowest BCUT2D eigenvalue weighted by atomic mass is 10.5. The SMILES string of the molecule is C/C=C\COC(=O)C=O. The largest absolute Gasteiger partial charge is 0.456 e. The maximum atomic E-state index is 10.1. The first-order valence-corrected chi connectivity index (χ1v) is 2.54. The first-order chi connectivity index (χ1) is 4.31. The molecule has 0 heterocycles. The van der Waals surface area contributed by atoms with Crippen LogP contribution in [0.3, 0.4) is 0 Å². The molecule has 0 aromatic heterocycles. The van der Waals surface area contributed by atoms with Crippen LogP contribution < -0.4 is 0 Å². The Hall–Kier alpha value is -1.12. The summed E-state index contributed by atoms with van der Waals surface area (Å²) < 4.78 is 4.34. The highest BCUT2D eigenvalue weighted by Gasteiger charge is 1.93. The van der Waals surface area contributed by atoms with Crippen molar-refractivity contribution in [3.8, 4) is 0 Å². The third-order valence-electron chi connectivity index (χ3n) is 0.654. The second-order valence-corrected chi connectivity index (χ2v) is 1.32. The van der Waals surface area contributed by atoms with Crippen LogP contribution in [0.15, 0.2) is 12.2 Å². The van der Waals surface area contributed by atoms with Gasteiger partial charge in [0.25, 0.3) is 0 Å². The van der Waals surface area contributed by atoms with E-state index in [0.717, 1.165) is 0 Å². The Morgan fingerprint density at radius 1 is 1.67 bits per heavy atom. The maximum Gasteiger partial charge on any atom is 0.371 e. The topological polar surface area (TPSA) is 43.4 Å². The molecule has 0 bridgehead atoms. The van der Waals surface area contributed by atoms with E-state index in [9.17, 15) is 9.59 Å². The van der Waals surface area contributed by atoms with Crippen LogP contribution >= 0.6 is 0 Å². The number of hydrogen-bond acceptors (Lipinski definition) is 3. The third-order valence-corrected chi connectivity index (χ3v) is 0.654. The van der Waals surface area contributed by atoms with Crippen molar-refractivity contribution in [1.29, 1.82) is 0 Å². The van der Waals surface area contributed by atoms with Gasteiger partial charge >= 0.3 is 5.97 Å². The Morgan fingerprint density at radius 2 is 2.33 bits per heavy atom. The predicted molar refractivity (Wildman–Crippen MR) is 31.8 cm³/mol. The summed E-state index contributed by atoms with van der Waals surface area (Å²) in [4.78, 5) is 19.7. The van der Waals surface area contributed by atoms with Gasteiger partial charge in [0, 0.05) is 0 Å². The van der Waals surface area contributed by atoms with Gasteiger partial charge < -0.3 is 4.74 Å².